The zero-order valence-corrected chi connectivity index (χ0v) is 26.0. The summed E-state index contributed by atoms with van der Waals surface area (Å²) in [4.78, 5) is 14.5. The molecule has 220 valence electrons. The van der Waals surface area contributed by atoms with Gasteiger partial charge in [0.1, 0.15) is 33.9 Å². The first-order valence-corrected chi connectivity index (χ1v) is 16.9. The van der Waals surface area contributed by atoms with Crippen LogP contribution in [0.2, 0.25) is 0 Å². The normalized spacial score (nSPS) is 18.7. The molecular weight excluding hydrogens is 597 g/mol. The number of hydrogen-bond donors (Lipinski definition) is 0. The van der Waals surface area contributed by atoms with Crippen molar-refractivity contribution < 1.29 is 12.8 Å². The van der Waals surface area contributed by atoms with Crippen LogP contribution in [0.5, 0.6) is 0 Å². The first-order chi connectivity index (χ1) is 20.1. The molecule has 5 heterocycles. The van der Waals surface area contributed by atoms with Gasteiger partial charge in [-0.25, -0.2) is 22.8 Å². The maximum absolute atomic E-state index is 13.5. The number of nitriles is 1. The van der Waals surface area contributed by atoms with Crippen molar-refractivity contribution in [2.75, 3.05) is 41.6 Å². The monoisotopic (exact) mass is 627 g/mol. The van der Waals surface area contributed by atoms with E-state index < -0.39 is 10.0 Å². The number of halogens is 2. The van der Waals surface area contributed by atoms with Crippen molar-refractivity contribution >= 4 is 55.2 Å². The summed E-state index contributed by atoms with van der Waals surface area (Å²) in [6, 6.07) is 10.4. The molecule has 0 saturated carbocycles. The Morgan fingerprint density at radius 3 is 2.62 bits per heavy atom. The van der Waals surface area contributed by atoms with Crippen molar-refractivity contribution in [3.8, 4) is 17.3 Å². The average Bonchev–Trinajstić information content (AvgIpc) is 3.77. The number of benzene rings is 1. The Hall–Kier alpha value is -3.24. The molecule has 0 spiro atoms. The number of alkyl halides is 1. The number of piperazine rings is 1. The molecule has 0 unspecified atom stereocenters. The highest BCUT2D eigenvalue weighted by molar-refractivity contribution is 7.89. The summed E-state index contributed by atoms with van der Waals surface area (Å²) < 4.78 is 43.1. The van der Waals surface area contributed by atoms with Crippen LogP contribution in [0.4, 0.5) is 21.0 Å². The van der Waals surface area contributed by atoms with E-state index in [0.717, 1.165) is 34.8 Å². The largest absolute Gasteiger partial charge is 0.364 e. The lowest BCUT2D eigenvalue weighted by Crippen LogP contribution is -2.49. The van der Waals surface area contributed by atoms with E-state index in [2.05, 4.69) is 34.6 Å². The van der Waals surface area contributed by atoms with E-state index in [-0.39, 0.29) is 23.7 Å². The Morgan fingerprint density at radius 1 is 1.21 bits per heavy atom. The fourth-order valence-electron chi connectivity index (χ4n) is 6.14. The van der Waals surface area contributed by atoms with Gasteiger partial charge in [0, 0.05) is 49.9 Å². The van der Waals surface area contributed by atoms with Gasteiger partial charge in [-0.3, -0.25) is 4.40 Å². The molecule has 0 aliphatic carbocycles. The van der Waals surface area contributed by atoms with E-state index in [4.69, 9.17) is 21.6 Å². The van der Waals surface area contributed by atoms with Crippen molar-refractivity contribution in [3.05, 3.63) is 58.5 Å². The molecule has 1 aromatic carbocycles. The van der Waals surface area contributed by atoms with Crippen LogP contribution < -0.4 is 9.80 Å². The van der Waals surface area contributed by atoms with Crippen LogP contribution in [-0.4, -0.2) is 70.9 Å². The molecule has 42 heavy (non-hydrogen) atoms. The van der Waals surface area contributed by atoms with E-state index in [1.807, 2.05) is 18.9 Å². The van der Waals surface area contributed by atoms with Gasteiger partial charge in [-0.2, -0.15) is 9.57 Å². The molecule has 0 amide bonds. The third-order valence-electron chi connectivity index (χ3n) is 8.12. The highest BCUT2D eigenvalue weighted by Crippen LogP contribution is 2.40. The van der Waals surface area contributed by atoms with Crippen molar-refractivity contribution in [2.45, 2.75) is 45.2 Å². The topological polar surface area (TPSA) is 97.8 Å². The number of imidazole rings is 1. The molecule has 0 N–H and O–H groups in total. The fraction of sp³-hybridized carbons (Fsp3) is 0.414. The number of nitrogens with zero attached hydrogens (tertiary/aromatic N) is 7. The Labute approximate surface area is 253 Å². The van der Waals surface area contributed by atoms with E-state index in [1.165, 1.54) is 23.5 Å². The van der Waals surface area contributed by atoms with Gasteiger partial charge in [0.15, 0.2) is 5.13 Å². The highest BCUT2D eigenvalue weighted by Gasteiger charge is 2.48. The van der Waals surface area contributed by atoms with Crippen molar-refractivity contribution in [1.82, 2.24) is 18.7 Å². The molecule has 4 aromatic rings. The fourth-order valence-corrected chi connectivity index (χ4v) is 9.03. The molecule has 2 aliphatic heterocycles. The summed E-state index contributed by atoms with van der Waals surface area (Å²) >= 11 is 7.04. The molecule has 0 radical (unpaired) electrons. The Bertz CT molecular complexity index is 1800. The number of aryl methyl sites for hydroxylation is 2. The third kappa shape index (κ3) is 4.92. The molecule has 2 fully saturated rings. The summed E-state index contributed by atoms with van der Waals surface area (Å²) in [7, 11) is -1.41. The smallest absolute Gasteiger partial charge is 0.214 e. The summed E-state index contributed by atoms with van der Waals surface area (Å²) in [5.41, 5.74) is 4.96. The first-order valence-electron chi connectivity index (χ1n) is 13.9. The number of rotatable bonds is 9. The standard InChI is InChI=1S/C29H31ClFN7O2S2/c1-4-24-28(35(3)29-34-26(25(14-32)41-29)19-6-8-20(31)9-7-19)37-15-21(12-18(2)27(37)33-24)36-16-23-13-22(36)17-38(23)42(39,40)11-5-10-30/h6-9,12,15,22-23H,4-5,10-11,13,16-17H2,1-3H3/t22-,23-/m0/s1. The second-order valence-electron chi connectivity index (χ2n) is 10.8. The van der Waals surface area contributed by atoms with Gasteiger partial charge < -0.3 is 9.80 Å². The van der Waals surface area contributed by atoms with Gasteiger partial charge in [0.05, 0.1) is 17.1 Å². The zero-order chi connectivity index (χ0) is 29.8. The Morgan fingerprint density at radius 2 is 1.98 bits per heavy atom. The van der Waals surface area contributed by atoms with Gasteiger partial charge in [0.2, 0.25) is 10.0 Å². The second kappa shape index (κ2) is 11.1. The predicted octanol–water partition coefficient (Wildman–Crippen LogP) is 5.33. The van der Waals surface area contributed by atoms with E-state index in [1.54, 1.807) is 16.4 Å². The van der Waals surface area contributed by atoms with E-state index in [0.29, 0.717) is 53.1 Å². The third-order valence-corrected chi connectivity index (χ3v) is 11.4. The molecular formula is C29H31ClFN7O2S2. The lowest BCUT2D eigenvalue weighted by Gasteiger charge is -2.35. The number of hydrogen-bond acceptors (Lipinski definition) is 8. The highest BCUT2D eigenvalue weighted by atomic mass is 35.5. The van der Waals surface area contributed by atoms with Crippen molar-refractivity contribution in [1.29, 1.82) is 5.26 Å². The van der Waals surface area contributed by atoms with Crippen LogP contribution in [0.25, 0.3) is 16.9 Å². The minimum atomic E-state index is -3.32. The van der Waals surface area contributed by atoms with Gasteiger partial charge >= 0.3 is 0 Å². The minimum absolute atomic E-state index is 0.0490. The Kier molecular flexibility index (Phi) is 7.64. The molecule has 2 atom stereocenters. The number of fused-ring (bicyclic) bond motifs is 3. The lowest BCUT2D eigenvalue weighted by atomic mass is 10.1. The Balaban J connectivity index is 1.35. The van der Waals surface area contributed by atoms with Crippen LogP contribution in [0.15, 0.2) is 36.5 Å². The SMILES string of the molecule is CCc1nc2c(C)cc(N3C[C@@H]4C[C@H]3CN4S(=O)(=O)CCCCl)cn2c1N(C)c1nc(-c2ccc(F)cc2)c(C#N)s1. The number of thiazole rings is 1. The van der Waals surface area contributed by atoms with Crippen LogP contribution >= 0.6 is 22.9 Å². The molecule has 3 aromatic heterocycles. The summed E-state index contributed by atoms with van der Waals surface area (Å²) in [5.74, 6) is 0.931. The minimum Gasteiger partial charge on any atom is -0.364 e. The maximum Gasteiger partial charge on any atom is 0.214 e. The predicted molar refractivity (Wildman–Crippen MR) is 165 cm³/mol. The van der Waals surface area contributed by atoms with Crippen LogP contribution in [0.1, 0.15) is 35.9 Å². The average molecular weight is 628 g/mol. The van der Waals surface area contributed by atoms with E-state index >= 15 is 0 Å². The zero-order valence-electron chi connectivity index (χ0n) is 23.6. The molecule has 2 aliphatic rings. The summed E-state index contributed by atoms with van der Waals surface area (Å²) in [6.45, 7) is 5.21. The lowest BCUT2D eigenvalue weighted by molar-refractivity contribution is 0.368. The van der Waals surface area contributed by atoms with Crippen molar-refractivity contribution in [2.24, 2.45) is 0 Å². The molecule has 13 heteroatoms. The second-order valence-corrected chi connectivity index (χ2v) is 14.2. The first kappa shape index (κ1) is 28.9. The molecule has 2 bridgehead atoms. The number of aromatic nitrogens is 3. The molecule has 6 rings (SSSR count). The molecule has 2 saturated heterocycles. The summed E-state index contributed by atoms with van der Waals surface area (Å²) in [6.07, 6.45) is 4.03. The van der Waals surface area contributed by atoms with Crippen molar-refractivity contribution in [3.63, 3.8) is 0 Å². The number of sulfonamides is 1. The van der Waals surface area contributed by atoms with Crippen LogP contribution in [0.3, 0.4) is 0 Å². The van der Waals surface area contributed by atoms with Gasteiger partial charge in [0.25, 0.3) is 0 Å². The quantitative estimate of drug-likeness (QED) is 0.231. The van der Waals surface area contributed by atoms with Gasteiger partial charge in [-0.1, -0.05) is 18.3 Å². The van der Waals surface area contributed by atoms with Gasteiger partial charge in [-0.05, 0) is 62.1 Å². The maximum atomic E-state index is 13.5. The van der Waals surface area contributed by atoms with Crippen LogP contribution in [0, 0.1) is 24.1 Å². The van der Waals surface area contributed by atoms with Gasteiger partial charge in [-0.15, -0.1) is 11.6 Å². The summed E-state index contributed by atoms with van der Waals surface area (Å²) in [5, 5.41) is 10.5. The number of pyridine rings is 1. The van der Waals surface area contributed by atoms with E-state index in [9.17, 15) is 18.1 Å². The molecule has 9 nitrogen and oxygen atoms in total. The van der Waals surface area contributed by atoms with Crippen LogP contribution in [-0.2, 0) is 16.4 Å². The number of anilines is 3.